The first-order valence-corrected chi connectivity index (χ1v) is 5.49. The van der Waals surface area contributed by atoms with E-state index in [4.69, 9.17) is 10.4 Å². The van der Waals surface area contributed by atoms with Crippen molar-refractivity contribution >= 4 is 24.8 Å². The molecule has 0 aliphatic carbocycles. The Balaban J connectivity index is 0.00000200. The Hall–Kier alpha value is -2.08. The van der Waals surface area contributed by atoms with Crippen LogP contribution in [0.4, 0.5) is 4.39 Å². The van der Waals surface area contributed by atoms with Gasteiger partial charge in [-0.3, -0.25) is 4.79 Å². The molecule has 2 aromatic rings. The van der Waals surface area contributed by atoms with Crippen LogP contribution in [0, 0.1) is 17.1 Å². The second-order valence-corrected chi connectivity index (χ2v) is 4.01. The molecule has 7 heteroatoms. The number of aromatic nitrogens is 2. The van der Waals surface area contributed by atoms with Crippen molar-refractivity contribution in [3.05, 3.63) is 53.4 Å². The number of nitrogens with zero attached hydrogens (tertiary/aromatic N) is 3. The monoisotopic (exact) mass is 267 g/mol. The zero-order valence-corrected chi connectivity index (χ0v) is 9.88. The van der Waals surface area contributed by atoms with Crippen molar-refractivity contribution in [1.82, 2.24) is 9.55 Å². The Morgan fingerprint density at radius 2 is 2.25 bits per heavy atom. The molecule has 0 bridgehead atoms. The summed E-state index contributed by atoms with van der Waals surface area (Å²) in [5.74, 6) is -1.53. The van der Waals surface area contributed by atoms with Crippen molar-refractivity contribution in [3.63, 3.8) is 0 Å². The molecule has 0 saturated heterocycles. The van der Waals surface area contributed by atoms with Crippen molar-refractivity contribution in [1.29, 1.82) is 5.26 Å². The van der Waals surface area contributed by atoms with Gasteiger partial charge < -0.3 is 9.67 Å². The maximum atomic E-state index is 13.4. The zero-order valence-electron chi connectivity index (χ0n) is 9.88. The molecule has 0 fully saturated rings. The third-order valence-corrected chi connectivity index (χ3v) is 2.64. The molecule has 0 aliphatic rings. The number of imidazole rings is 1. The molecular weight excluding hydrogens is 256 g/mol. The first kappa shape index (κ1) is 16.0. The molecule has 0 amide bonds. The van der Waals surface area contributed by atoms with Crippen LogP contribution in [0.25, 0.3) is 0 Å². The van der Waals surface area contributed by atoms with E-state index in [-0.39, 0.29) is 30.8 Å². The SMILES string of the molecule is N#Cc1ccc(Cn2cncc2CC(=O)O)cc1F.[LiH]. The Morgan fingerprint density at radius 1 is 1.50 bits per heavy atom. The van der Waals surface area contributed by atoms with E-state index >= 15 is 0 Å². The van der Waals surface area contributed by atoms with Gasteiger partial charge in [-0.25, -0.2) is 9.37 Å². The summed E-state index contributed by atoms with van der Waals surface area (Å²) in [7, 11) is 0. The fourth-order valence-corrected chi connectivity index (χ4v) is 1.74. The van der Waals surface area contributed by atoms with Gasteiger partial charge in [-0.15, -0.1) is 0 Å². The van der Waals surface area contributed by atoms with E-state index in [1.807, 2.05) is 0 Å². The molecule has 1 aromatic heterocycles. The van der Waals surface area contributed by atoms with E-state index in [1.165, 1.54) is 24.7 Å². The summed E-state index contributed by atoms with van der Waals surface area (Å²) in [5.41, 5.74) is 1.17. The topological polar surface area (TPSA) is 78.9 Å². The van der Waals surface area contributed by atoms with Gasteiger partial charge in [-0.1, -0.05) is 6.07 Å². The minimum absolute atomic E-state index is 0. The van der Waals surface area contributed by atoms with E-state index < -0.39 is 11.8 Å². The number of benzene rings is 1. The van der Waals surface area contributed by atoms with Crippen LogP contribution in [0.3, 0.4) is 0 Å². The van der Waals surface area contributed by atoms with Crippen LogP contribution in [0.2, 0.25) is 0 Å². The van der Waals surface area contributed by atoms with Crippen molar-refractivity contribution < 1.29 is 14.3 Å². The minimum atomic E-state index is -0.951. The molecule has 0 unspecified atom stereocenters. The van der Waals surface area contributed by atoms with Crippen LogP contribution in [0.15, 0.2) is 30.7 Å². The Labute approximate surface area is 126 Å². The van der Waals surface area contributed by atoms with E-state index in [2.05, 4.69) is 4.98 Å². The number of hydrogen-bond donors (Lipinski definition) is 1. The Morgan fingerprint density at radius 3 is 2.85 bits per heavy atom. The second-order valence-electron chi connectivity index (χ2n) is 4.01. The third kappa shape index (κ3) is 3.71. The second kappa shape index (κ2) is 6.90. The number of nitriles is 1. The summed E-state index contributed by atoms with van der Waals surface area (Å²) in [4.78, 5) is 14.6. The Kier molecular flexibility index (Phi) is 5.51. The van der Waals surface area contributed by atoms with Gasteiger partial charge in [-0.2, -0.15) is 5.26 Å². The summed E-state index contributed by atoms with van der Waals surface area (Å²) in [6, 6.07) is 6.05. The van der Waals surface area contributed by atoms with Crippen LogP contribution in [-0.2, 0) is 17.8 Å². The molecule has 5 nitrogen and oxygen atoms in total. The molecule has 0 saturated carbocycles. The quantitative estimate of drug-likeness (QED) is 0.835. The van der Waals surface area contributed by atoms with Gasteiger partial charge in [0.15, 0.2) is 0 Å². The maximum absolute atomic E-state index is 13.4. The van der Waals surface area contributed by atoms with Crippen LogP contribution < -0.4 is 0 Å². The molecule has 1 N–H and O–H groups in total. The molecule has 0 aliphatic heterocycles. The van der Waals surface area contributed by atoms with Crippen LogP contribution >= 0.6 is 0 Å². The molecular formula is C13H11FLiN3O2. The molecule has 0 spiro atoms. The summed E-state index contributed by atoms with van der Waals surface area (Å²) in [5, 5.41) is 17.4. The summed E-state index contributed by atoms with van der Waals surface area (Å²) >= 11 is 0. The number of aliphatic carboxylic acids is 1. The van der Waals surface area contributed by atoms with Crippen molar-refractivity contribution in [2.75, 3.05) is 0 Å². The van der Waals surface area contributed by atoms with Crippen molar-refractivity contribution in [3.8, 4) is 6.07 Å². The molecule has 1 aromatic carbocycles. The zero-order chi connectivity index (χ0) is 13.8. The fraction of sp³-hybridized carbons (Fsp3) is 0.154. The number of carboxylic acids is 1. The Bertz CT molecular complexity index is 664. The van der Waals surface area contributed by atoms with E-state index in [1.54, 1.807) is 16.7 Å². The molecule has 2 rings (SSSR count). The van der Waals surface area contributed by atoms with Crippen LogP contribution in [-0.4, -0.2) is 39.5 Å². The van der Waals surface area contributed by atoms with E-state index in [0.29, 0.717) is 17.8 Å². The van der Waals surface area contributed by atoms with Crippen LogP contribution in [0.1, 0.15) is 16.8 Å². The predicted molar refractivity (Wildman–Crippen MR) is 70.9 cm³/mol. The number of carbonyl (C=O) groups is 1. The third-order valence-electron chi connectivity index (χ3n) is 2.64. The normalized spacial score (nSPS) is 9.60. The van der Waals surface area contributed by atoms with Crippen LogP contribution in [0.5, 0.6) is 0 Å². The first-order valence-electron chi connectivity index (χ1n) is 5.49. The van der Waals surface area contributed by atoms with Gasteiger partial charge >= 0.3 is 24.8 Å². The number of carboxylic acid groups (broad SMARTS) is 1. The standard InChI is InChI=1S/C13H10FN3O2.Li.H/c14-12-3-9(1-2-10(12)5-15)7-17-8-16-6-11(17)4-13(18)19;;/h1-3,6,8H,4,7H2,(H,18,19);;. The van der Waals surface area contributed by atoms with Crippen molar-refractivity contribution in [2.24, 2.45) is 0 Å². The fourth-order valence-electron chi connectivity index (χ4n) is 1.74. The molecule has 20 heavy (non-hydrogen) atoms. The average Bonchev–Trinajstić information content (AvgIpc) is 2.76. The number of hydrogen-bond acceptors (Lipinski definition) is 3. The number of halogens is 1. The molecule has 98 valence electrons. The summed E-state index contributed by atoms with van der Waals surface area (Å²) < 4.78 is 15.1. The van der Waals surface area contributed by atoms with Gasteiger partial charge in [0.1, 0.15) is 11.9 Å². The molecule has 0 atom stereocenters. The van der Waals surface area contributed by atoms with Crippen molar-refractivity contribution in [2.45, 2.75) is 13.0 Å². The van der Waals surface area contributed by atoms with E-state index in [9.17, 15) is 9.18 Å². The van der Waals surface area contributed by atoms with Gasteiger partial charge in [0.25, 0.3) is 0 Å². The van der Waals surface area contributed by atoms with Gasteiger partial charge in [0, 0.05) is 18.4 Å². The summed E-state index contributed by atoms with van der Waals surface area (Å²) in [6.07, 6.45) is 2.82. The van der Waals surface area contributed by atoms with Gasteiger partial charge in [-0.05, 0) is 17.7 Å². The molecule has 1 heterocycles. The summed E-state index contributed by atoms with van der Waals surface area (Å²) in [6.45, 7) is 0.311. The predicted octanol–water partition coefficient (Wildman–Crippen LogP) is 0.921. The average molecular weight is 267 g/mol. The molecule has 0 radical (unpaired) electrons. The first-order chi connectivity index (χ1) is 9.10. The van der Waals surface area contributed by atoms with Gasteiger partial charge in [0.2, 0.25) is 0 Å². The van der Waals surface area contributed by atoms with E-state index in [0.717, 1.165) is 0 Å². The van der Waals surface area contributed by atoms with Gasteiger partial charge in [0.05, 0.1) is 18.3 Å². The number of rotatable bonds is 4.